The third-order valence-corrected chi connectivity index (χ3v) is 2.02. The molecule has 0 unspecified atom stereocenters. The van der Waals surface area contributed by atoms with Crippen molar-refractivity contribution in [2.24, 2.45) is 7.05 Å². The molecule has 0 aliphatic rings. The van der Waals surface area contributed by atoms with Crippen molar-refractivity contribution < 1.29 is 9.21 Å². The maximum absolute atomic E-state index is 11.8. The zero-order valence-electron chi connectivity index (χ0n) is 7.89. The molecule has 5 heteroatoms. The topological polar surface area (TPSA) is 60.9 Å². The van der Waals surface area contributed by atoms with E-state index in [4.69, 9.17) is 4.42 Å². The standard InChI is InChI=1S/C9H9N3O2/c1-6-7(3-4-14-6)8(13)9-11-10-5-12(9)2/h3-5H,1-2H3. The molecule has 14 heavy (non-hydrogen) atoms. The van der Waals surface area contributed by atoms with Gasteiger partial charge in [0.25, 0.3) is 0 Å². The third kappa shape index (κ3) is 1.22. The molecule has 0 aromatic carbocycles. The Kier molecular flexibility index (Phi) is 1.92. The highest BCUT2D eigenvalue weighted by Gasteiger charge is 2.18. The molecule has 72 valence electrons. The summed E-state index contributed by atoms with van der Waals surface area (Å²) in [6, 6.07) is 1.63. The van der Waals surface area contributed by atoms with E-state index in [1.165, 1.54) is 12.6 Å². The highest BCUT2D eigenvalue weighted by atomic mass is 16.3. The van der Waals surface area contributed by atoms with Gasteiger partial charge in [-0.1, -0.05) is 0 Å². The van der Waals surface area contributed by atoms with E-state index in [-0.39, 0.29) is 5.78 Å². The van der Waals surface area contributed by atoms with Crippen molar-refractivity contribution in [2.75, 3.05) is 0 Å². The smallest absolute Gasteiger partial charge is 0.233 e. The summed E-state index contributed by atoms with van der Waals surface area (Å²) < 4.78 is 6.62. The highest BCUT2D eigenvalue weighted by molar-refractivity contribution is 6.07. The van der Waals surface area contributed by atoms with E-state index in [0.29, 0.717) is 17.1 Å². The van der Waals surface area contributed by atoms with E-state index in [0.717, 1.165) is 0 Å². The minimum absolute atomic E-state index is 0.170. The first-order chi connectivity index (χ1) is 6.70. The second-order valence-corrected chi connectivity index (χ2v) is 2.99. The van der Waals surface area contributed by atoms with Gasteiger partial charge in [0.1, 0.15) is 12.1 Å². The molecule has 0 atom stereocenters. The molecule has 0 spiro atoms. The zero-order chi connectivity index (χ0) is 10.1. The van der Waals surface area contributed by atoms with Gasteiger partial charge in [0.2, 0.25) is 11.6 Å². The molecule has 0 aliphatic heterocycles. The second-order valence-electron chi connectivity index (χ2n) is 2.99. The Hall–Kier alpha value is -1.91. The maximum atomic E-state index is 11.8. The van der Waals surface area contributed by atoms with Crippen molar-refractivity contribution in [1.29, 1.82) is 0 Å². The summed E-state index contributed by atoms with van der Waals surface area (Å²) in [6.45, 7) is 1.74. The van der Waals surface area contributed by atoms with Gasteiger partial charge in [-0.15, -0.1) is 10.2 Å². The van der Waals surface area contributed by atoms with Gasteiger partial charge in [-0.25, -0.2) is 0 Å². The largest absolute Gasteiger partial charge is 0.469 e. The number of furan rings is 1. The van der Waals surface area contributed by atoms with Crippen molar-refractivity contribution in [3.8, 4) is 0 Å². The molecule has 2 aromatic rings. The van der Waals surface area contributed by atoms with E-state index in [1.807, 2.05) is 0 Å². The number of aryl methyl sites for hydroxylation is 2. The average molecular weight is 191 g/mol. The molecule has 2 aromatic heterocycles. The van der Waals surface area contributed by atoms with Crippen molar-refractivity contribution in [3.63, 3.8) is 0 Å². The summed E-state index contributed by atoms with van der Waals surface area (Å²) >= 11 is 0. The van der Waals surface area contributed by atoms with Gasteiger partial charge < -0.3 is 8.98 Å². The van der Waals surface area contributed by atoms with Crippen LogP contribution in [-0.4, -0.2) is 20.5 Å². The van der Waals surface area contributed by atoms with Gasteiger partial charge in [-0.05, 0) is 13.0 Å². The van der Waals surface area contributed by atoms with Crippen LogP contribution in [0.1, 0.15) is 21.9 Å². The summed E-state index contributed by atoms with van der Waals surface area (Å²) in [4.78, 5) is 11.8. The van der Waals surface area contributed by atoms with E-state index < -0.39 is 0 Å². The van der Waals surface area contributed by atoms with Crippen molar-refractivity contribution >= 4 is 5.78 Å². The Morgan fingerprint density at radius 2 is 2.36 bits per heavy atom. The van der Waals surface area contributed by atoms with Gasteiger partial charge in [-0.2, -0.15) is 0 Å². The number of aromatic nitrogens is 3. The first-order valence-corrected chi connectivity index (χ1v) is 4.13. The molecule has 2 rings (SSSR count). The highest BCUT2D eigenvalue weighted by Crippen LogP contribution is 2.12. The summed E-state index contributed by atoms with van der Waals surface area (Å²) in [5, 5.41) is 7.38. The monoisotopic (exact) mass is 191 g/mol. The molecule has 0 saturated carbocycles. The first kappa shape index (κ1) is 8.68. The lowest BCUT2D eigenvalue weighted by Crippen LogP contribution is -2.08. The fourth-order valence-electron chi connectivity index (χ4n) is 1.23. The third-order valence-electron chi connectivity index (χ3n) is 2.02. The minimum Gasteiger partial charge on any atom is -0.469 e. The van der Waals surface area contributed by atoms with Crippen molar-refractivity contribution in [1.82, 2.24) is 14.8 Å². The summed E-state index contributed by atoms with van der Waals surface area (Å²) in [6.07, 6.45) is 2.97. The number of carbonyl (C=O) groups is 1. The molecule has 0 amide bonds. The van der Waals surface area contributed by atoms with E-state index >= 15 is 0 Å². The summed E-state index contributed by atoms with van der Waals surface area (Å²) in [5.41, 5.74) is 0.529. The lowest BCUT2D eigenvalue weighted by Gasteiger charge is -1.97. The van der Waals surface area contributed by atoms with Crippen LogP contribution in [0.15, 0.2) is 23.1 Å². The predicted octanol–water partition coefficient (Wildman–Crippen LogP) is 0.948. The molecule has 5 nitrogen and oxygen atoms in total. The average Bonchev–Trinajstić information content (AvgIpc) is 2.73. The van der Waals surface area contributed by atoms with Crippen LogP contribution < -0.4 is 0 Å². The van der Waals surface area contributed by atoms with E-state index in [1.54, 1.807) is 24.6 Å². The van der Waals surface area contributed by atoms with E-state index in [2.05, 4.69) is 10.2 Å². The summed E-state index contributed by atoms with van der Waals surface area (Å²) in [5.74, 6) is 0.740. The summed E-state index contributed by atoms with van der Waals surface area (Å²) in [7, 11) is 1.72. The number of rotatable bonds is 2. The number of ketones is 1. The molecule has 0 aliphatic carbocycles. The van der Waals surface area contributed by atoms with Gasteiger partial charge in [0.05, 0.1) is 11.8 Å². The molecule has 0 N–H and O–H groups in total. The van der Waals surface area contributed by atoms with Gasteiger partial charge >= 0.3 is 0 Å². The molecular formula is C9H9N3O2. The normalized spacial score (nSPS) is 10.4. The Labute approximate surface area is 80.4 Å². The quantitative estimate of drug-likeness (QED) is 0.663. The Balaban J connectivity index is 2.44. The van der Waals surface area contributed by atoms with Crippen LogP contribution in [0, 0.1) is 6.92 Å². The molecule has 0 radical (unpaired) electrons. The van der Waals surface area contributed by atoms with Gasteiger partial charge in [0.15, 0.2) is 0 Å². The molecule has 2 heterocycles. The molecular weight excluding hydrogens is 182 g/mol. The maximum Gasteiger partial charge on any atom is 0.233 e. The first-order valence-electron chi connectivity index (χ1n) is 4.13. The lowest BCUT2D eigenvalue weighted by molar-refractivity contribution is 0.102. The van der Waals surface area contributed by atoms with Crippen molar-refractivity contribution in [3.05, 3.63) is 35.8 Å². The van der Waals surface area contributed by atoms with Crippen LogP contribution in [-0.2, 0) is 7.05 Å². The van der Waals surface area contributed by atoms with Crippen LogP contribution in [0.5, 0.6) is 0 Å². The minimum atomic E-state index is -0.170. The van der Waals surface area contributed by atoms with Crippen LogP contribution in [0.3, 0.4) is 0 Å². The number of nitrogens with zero attached hydrogens (tertiary/aromatic N) is 3. The fraction of sp³-hybridized carbons (Fsp3) is 0.222. The molecule has 0 saturated heterocycles. The zero-order valence-corrected chi connectivity index (χ0v) is 7.89. The van der Waals surface area contributed by atoms with E-state index in [9.17, 15) is 4.79 Å². The number of hydrogen-bond donors (Lipinski definition) is 0. The van der Waals surface area contributed by atoms with Crippen LogP contribution in [0.25, 0.3) is 0 Å². The van der Waals surface area contributed by atoms with Crippen LogP contribution in [0.2, 0.25) is 0 Å². The molecule has 0 bridgehead atoms. The Bertz CT molecular complexity index is 428. The van der Waals surface area contributed by atoms with Crippen molar-refractivity contribution in [2.45, 2.75) is 6.92 Å². The van der Waals surface area contributed by atoms with Crippen LogP contribution in [0.4, 0.5) is 0 Å². The number of carbonyl (C=O) groups excluding carboxylic acids is 1. The second kappa shape index (κ2) is 3.10. The fourth-order valence-corrected chi connectivity index (χ4v) is 1.23. The number of hydrogen-bond acceptors (Lipinski definition) is 4. The Morgan fingerprint density at radius 3 is 2.86 bits per heavy atom. The predicted molar refractivity (Wildman–Crippen MR) is 47.9 cm³/mol. The SMILES string of the molecule is Cc1occc1C(=O)c1nncn1C. The van der Waals surface area contributed by atoms with Gasteiger partial charge in [-0.3, -0.25) is 4.79 Å². The molecule has 0 fully saturated rings. The lowest BCUT2D eigenvalue weighted by atomic mass is 10.1. The Morgan fingerprint density at radius 1 is 1.57 bits per heavy atom. The van der Waals surface area contributed by atoms with Crippen LogP contribution >= 0.6 is 0 Å². The van der Waals surface area contributed by atoms with Gasteiger partial charge in [0, 0.05) is 7.05 Å².